The molecule has 1 aromatic heterocycles. The predicted molar refractivity (Wildman–Crippen MR) is 112 cm³/mol. The Hall–Kier alpha value is -1.90. The van der Waals surface area contributed by atoms with Crippen molar-refractivity contribution in [2.24, 2.45) is 0 Å². The molecule has 0 saturated carbocycles. The number of aryl methyl sites for hydroxylation is 1. The lowest BCUT2D eigenvalue weighted by Crippen LogP contribution is -2.22. The maximum absolute atomic E-state index is 12.4. The Balaban J connectivity index is 1.96. The second-order valence-corrected chi connectivity index (χ2v) is 9.55. The van der Waals surface area contributed by atoms with Gasteiger partial charge in [-0.25, -0.2) is 17.7 Å². The first-order chi connectivity index (χ1) is 12.8. The molecular formula is C19H23BrN4O2S. The highest BCUT2D eigenvalue weighted by Crippen LogP contribution is 2.23. The van der Waals surface area contributed by atoms with Crippen LogP contribution in [0.25, 0.3) is 11.0 Å². The summed E-state index contributed by atoms with van der Waals surface area (Å²) in [5.74, 6) is 0.883. The standard InChI is InChI=1S/C19H23BrN4O2S/c1-4-11-24-18-10-9-16(27(25,26)23(2)3)12-17(18)22-19(24)13-21-15-7-5-14(20)6-8-15/h5-10,12,21H,4,11,13H2,1-3H3. The van der Waals surface area contributed by atoms with Gasteiger partial charge in [0.15, 0.2) is 0 Å². The van der Waals surface area contributed by atoms with Crippen LogP contribution in [0.1, 0.15) is 19.2 Å². The fourth-order valence-corrected chi connectivity index (χ4v) is 4.07. The van der Waals surface area contributed by atoms with Crippen LogP contribution in [0.15, 0.2) is 51.8 Å². The van der Waals surface area contributed by atoms with Crippen molar-refractivity contribution in [1.29, 1.82) is 0 Å². The summed E-state index contributed by atoms with van der Waals surface area (Å²) in [5, 5.41) is 3.38. The monoisotopic (exact) mass is 450 g/mol. The van der Waals surface area contributed by atoms with Gasteiger partial charge >= 0.3 is 0 Å². The van der Waals surface area contributed by atoms with E-state index in [0.717, 1.165) is 34.5 Å². The number of nitrogens with one attached hydrogen (secondary N) is 1. The maximum atomic E-state index is 12.4. The number of fused-ring (bicyclic) bond motifs is 1. The first-order valence-corrected chi connectivity index (χ1v) is 11.0. The number of anilines is 1. The minimum absolute atomic E-state index is 0.258. The number of imidazole rings is 1. The summed E-state index contributed by atoms with van der Waals surface area (Å²) in [6.45, 7) is 3.50. The maximum Gasteiger partial charge on any atom is 0.242 e. The lowest BCUT2D eigenvalue weighted by Gasteiger charge is -2.11. The van der Waals surface area contributed by atoms with Gasteiger partial charge in [-0.1, -0.05) is 22.9 Å². The molecule has 2 aromatic carbocycles. The summed E-state index contributed by atoms with van der Waals surface area (Å²) in [4.78, 5) is 4.96. The van der Waals surface area contributed by atoms with E-state index in [1.165, 1.54) is 18.4 Å². The zero-order chi connectivity index (χ0) is 19.6. The van der Waals surface area contributed by atoms with Gasteiger partial charge in [-0.2, -0.15) is 0 Å². The molecule has 6 nitrogen and oxygen atoms in total. The average Bonchev–Trinajstić information content (AvgIpc) is 2.98. The van der Waals surface area contributed by atoms with Crippen molar-refractivity contribution in [3.63, 3.8) is 0 Å². The highest BCUT2D eigenvalue weighted by Gasteiger charge is 2.19. The molecule has 3 rings (SSSR count). The van der Waals surface area contributed by atoms with Crippen molar-refractivity contribution < 1.29 is 8.42 Å². The van der Waals surface area contributed by atoms with Gasteiger partial charge in [0.05, 0.1) is 22.5 Å². The van der Waals surface area contributed by atoms with Crippen LogP contribution < -0.4 is 5.32 Å². The van der Waals surface area contributed by atoms with Crippen molar-refractivity contribution in [2.45, 2.75) is 31.3 Å². The van der Waals surface area contributed by atoms with Crippen molar-refractivity contribution in [2.75, 3.05) is 19.4 Å². The number of hydrogen-bond acceptors (Lipinski definition) is 4. The van der Waals surface area contributed by atoms with Gasteiger partial charge < -0.3 is 9.88 Å². The van der Waals surface area contributed by atoms with Crippen LogP contribution in [0.2, 0.25) is 0 Å². The van der Waals surface area contributed by atoms with Crippen LogP contribution in [0.5, 0.6) is 0 Å². The molecule has 0 spiro atoms. The Morgan fingerprint density at radius 2 is 1.85 bits per heavy atom. The number of hydrogen-bond donors (Lipinski definition) is 1. The summed E-state index contributed by atoms with van der Waals surface area (Å²) in [6, 6.07) is 13.1. The highest BCUT2D eigenvalue weighted by molar-refractivity contribution is 9.10. The Bertz CT molecular complexity index is 1040. The van der Waals surface area contributed by atoms with Gasteiger partial charge in [-0.3, -0.25) is 0 Å². The van der Waals surface area contributed by atoms with Crippen LogP contribution >= 0.6 is 15.9 Å². The second kappa shape index (κ2) is 8.00. The Morgan fingerprint density at radius 3 is 2.48 bits per heavy atom. The minimum Gasteiger partial charge on any atom is -0.378 e. The van der Waals surface area contributed by atoms with Gasteiger partial charge in [0.1, 0.15) is 5.82 Å². The molecule has 3 aromatic rings. The normalized spacial score (nSPS) is 12.0. The fraction of sp³-hybridized carbons (Fsp3) is 0.316. The first kappa shape index (κ1) is 19.9. The third-order valence-corrected chi connectivity index (χ3v) is 6.66. The van der Waals surface area contributed by atoms with E-state index in [1.54, 1.807) is 12.1 Å². The van der Waals surface area contributed by atoms with E-state index in [9.17, 15) is 8.42 Å². The van der Waals surface area contributed by atoms with Crippen LogP contribution in [0, 0.1) is 0 Å². The van der Waals surface area contributed by atoms with E-state index >= 15 is 0 Å². The Kier molecular flexibility index (Phi) is 5.88. The predicted octanol–water partition coefficient (Wildman–Crippen LogP) is 4.07. The van der Waals surface area contributed by atoms with E-state index in [0.29, 0.717) is 12.1 Å². The van der Waals surface area contributed by atoms with Gasteiger partial charge in [0.2, 0.25) is 10.0 Å². The van der Waals surface area contributed by atoms with E-state index in [2.05, 4.69) is 32.7 Å². The molecule has 144 valence electrons. The lowest BCUT2D eigenvalue weighted by atomic mass is 10.3. The molecule has 0 aliphatic heterocycles. The van der Waals surface area contributed by atoms with Gasteiger partial charge in [-0.15, -0.1) is 0 Å². The van der Waals surface area contributed by atoms with Gasteiger partial charge in [0, 0.05) is 30.8 Å². The lowest BCUT2D eigenvalue weighted by molar-refractivity contribution is 0.521. The van der Waals surface area contributed by atoms with Gasteiger partial charge in [-0.05, 0) is 48.9 Å². The molecule has 0 amide bonds. The zero-order valence-corrected chi connectivity index (χ0v) is 18.0. The summed E-state index contributed by atoms with van der Waals surface area (Å²) >= 11 is 3.43. The zero-order valence-electron chi connectivity index (χ0n) is 15.6. The van der Waals surface area contributed by atoms with E-state index in [1.807, 2.05) is 30.3 Å². The molecule has 0 radical (unpaired) electrons. The highest BCUT2D eigenvalue weighted by atomic mass is 79.9. The molecule has 0 aliphatic carbocycles. The molecule has 1 N–H and O–H groups in total. The van der Waals surface area contributed by atoms with E-state index in [-0.39, 0.29) is 4.90 Å². The minimum atomic E-state index is -3.48. The second-order valence-electron chi connectivity index (χ2n) is 6.48. The quantitative estimate of drug-likeness (QED) is 0.588. The van der Waals surface area contributed by atoms with Crippen LogP contribution in [-0.2, 0) is 23.1 Å². The van der Waals surface area contributed by atoms with Crippen molar-refractivity contribution >= 4 is 42.7 Å². The number of nitrogens with zero attached hydrogens (tertiary/aromatic N) is 3. The molecule has 0 aliphatic rings. The van der Waals surface area contributed by atoms with E-state index < -0.39 is 10.0 Å². The van der Waals surface area contributed by atoms with Crippen LogP contribution in [-0.4, -0.2) is 36.4 Å². The number of halogens is 1. The number of aromatic nitrogens is 2. The van der Waals surface area contributed by atoms with Crippen LogP contribution in [0.3, 0.4) is 0 Å². The molecular weight excluding hydrogens is 428 g/mol. The Labute approximate surface area is 168 Å². The van der Waals surface area contributed by atoms with Crippen molar-refractivity contribution in [1.82, 2.24) is 13.9 Å². The molecule has 27 heavy (non-hydrogen) atoms. The third-order valence-electron chi connectivity index (χ3n) is 4.32. The smallest absolute Gasteiger partial charge is 0.242 e. The third kappa shape index (κ3) is 4.17. The fourth-order valence-electron chi connectivity index (χ4n) is 2.89. The molecule has 0 atom stereocenters. The number of sulfonamides is 1. The molecule has 0 fully saturated rings. The molecule has 0 bridgehead atoms. The summed E-state index contributed by atoms with van der Waals surface area (Å²) in [6.07, 6.45) is 0.967. The van der Waals surface area contributed by atoms with Gasteiger partial charge in [0.25, 0.3) is 0 Å². The molecule has 0 unspecified atom stereocenters. The largest absolute Gasteiger partial charge is 0.378 e. The Morgan fingerprint density at radius 1 is 1.15 bits per heavy atom. The summed E-state index contributed by atoms with van der Waals surface area (Å²) in [7, 11) is -0.419. The molecule has 8 heteroatoms. The average molecular weight is 451 g/mol. The SMILES string of the molecule is CCCn1c(CNc2ccc(Br)cc2)nc2cc(S(=O)(=O)N(C)C)ccc21. The molecule has 1 heterocycles. The van der Waals surface area contributed by atoms with Crippen molar-refractivity contribution in [3.05, 3.63) is 52.8 Å². The first-order valence-electron chi connectivity index (χ1n) is 8.74. The number of rotatable bonds is 7. The van der Waals surface area contributed by atoms with Crippen LogP contribution in [0.4, 0.5) is 5.69 Å². The number of benzene rings is 2. The topological polar surface area (TPSA) is 67.2 Å². The van der Waals surface area contributed by atoms with E-state index in [4.69, 9.17) is 4.98 Å². The molecule has 0 saturated heterocycles. The summed E-state index contributed by atoms with van der Waals surface area (Å²) < 4.78 is 29.2. The van der Waals surface area contributed by atoms with Crippen molar-refractivity contribution in [3.8, 4) is 0 Å². The summed E-state index contributed by atoms with van der Waals surface area (Å²) in [5.41, 5.74) is 2.64.